The minimum Gasteiger partial charge on any atom is -0.504 e. The molecule has 1 aliphatic heterocycles. The summed E-state index contributed by atoms with van der Waals surface area (Å²) in [7, 11) is 0. The van der Waals surface area contributed by atoms with Crippen LogP contribution >= 0.6 is 24.8 Å². The molecule has 0 amide bonds. The van der Waals surface area contributed by atoms with E-state index in [9.17, 15) is 10.2 Å². The van der Waals surface area contributed by atoms with Crippen molar-refractivity contribution in [2.75, 3.05) is 13.1 Å². The molecule has 7 heteroatoms. The summed E-state index contributed by atoms with van der Waals surface area (Å²) in [6.45, 7) is 0.693. The van der Waals surface area contributed by atoms with Crippen LogP contribution in [0.4, 0.5) is 0 Å². The smallest absolute Gasteiger partial charge is 0.161 e. The highest BCUT2D eigenvalue weighted by Crippen LogP contribution is 2.39. The molecule has 1 aliphatic rings. The van der Waals surface area contributed by atoms with Crippen molar-refractivity contribution in [1.29, 1.82) is 0 Å². The molecule has 0 aliphatic carbocycles. The number of hydrogen-bond acceptors (Lipinski definition) is 5. The summed E-state index contributed by atoms with van der Waals surface area (Å²) in [5, 5.41) is 19.2. The van der Waals surface area contributed by atoms with Gasteiger partial charge in [0, 0.05) is 25.1 Å². The third-order valence-corrected chi connectivity index (χ3v) is 2.91. The largest absolute Gasteiger partial charge is 0.504 e. The van der Waals surface area contributed by atoms with Gasteiger partial charge in [0.15, 0.2) is 11.5 Å². The average Bonchev–Trinajstić information content (AvgIpc) is 2.32. The monoisotopic (exact) mass is 296 g/mol. The van der Waals surface area contributed by atoms with Crippen LogP contribution in [-0.2, 0) is 11.2 Å². The van der Waals surface area contributed by atoms with E-state index in [1.807, 2.05) is 0 Å². The summed E-state index contributed by atoms with van der Waals surface area (Å²) in [6.07, 6.45) is 0.0836. The van der Waals surface area contributed by atoms with Crippen molar-refractivity contribution in [3.05, 3.63) is 23.3 Å². The minimum atomic E-state index is -0.260. The molecule has 0 fully saturated rings. The van der Waals surface area contributed by atoms with Crippen LogP contribution in [0.15, 0.2) is 12.1 Å². The van der Waals surface area contributed by atoms with Crippen LogP contribution in [0, 0.1) is 0 Å². The Kier molecular flexibility index (Phi) is 6.73. The highest BCUT2D eigenvalue weighted by atomic mass is 35.5. The number of nitrogens with two attached hydrogens (primary N) is 2. The number of phenolic OH excluding ortho intramolecular Hbond substituents is 2. The molecule has 0 unspecified atom stereocenters. The van der Waals surface area contributed by atoms with Crippen LogP contribution in [0.25, 0.3) is 0 Å². The number of phenols is 2. The van der Waals surface area contributed by atoms with Crippen LogP contribution in [0.3, 0.4) is 0 Å². The Morgan fingerprint density at radius 2 is 1.83 bits per heavy atom. The second-order valence-corrected chi connectivity index (χ2v) is 3.92. The van der Waals surface area contributed by atoms with Crippen LogP contribution in [-0.4, -0.2) is 29.4 Å². The maximum absolute atomic E-state index is 9.78. The lowest BCUT2D eigenvalue weighted by atomic mass is 9.93. The van der Waals surface area contributed by atoms with E-state index in [0.717, 1.165) is 5.56 Å². The predicted molar refractivity (Wildman–Crippen MR) is 73.7 cm³/mol. The minimum absolute atomic E-state index is 0. The van der Waals surface area contributed by atoms with Gasteiger partial charge in [-0.1, -0.05) is 6.07 Å². The van der Waals surface area contributed by atoms with Crippen molar-refractivity contribution >= 4 is 24.8 Å². The Balaban J connectivity index is 0.00000144. The van der Waals surface area contributed by atoms with Crippen LogP contribution in [0.1, 0.15) is 17.2 Å². The molecule has 1 heterocycles. The van der Waals surface area contributed by atoms with E-state index in [2.05, 4.69) is 0 Å². The van der Waals surface area contributed by atoms with Crippen molar-refractivity contribution in [3.8, 4) is 11.5 Å². The fraction of sp³-hybridized carbons (Fsp3) is 0.455. The highest BCUT2D eigenvalue weighted by Gasteiger charge is 2.28. The van der Waals surface area contributed by atoms with Crippen molar-refractivity contribution < 1.29 is 14.9 Å². The van der Waals surface area contributed by atoms with E-state index in [4.69, 9.17) is 16.2 Å². The summed E-state index contributed by atoms with van der Waals surface area (Å²) in [6, 6.07) is 3.18. The van der Waals surface area contributed by atoms with Gasteiger partial charge in [-0.2, -0.15) is 0 Å². The number of halogens is 2. The van der Waals surface area contributed by atoms with E-state index in [0.29, 0.717) is 25.1 Å². The number of fused-ring (bicyclic) bond motifs is 1. The second-order valence-electron chi connectivity index (χ2n) is 3.92. The van der Waals surface area contributed by atoms with Crippen LogP contribution in [0.5, 0.6) is 11.5 Å². The Bertz CT molecular complexity index is 404. The van der Waals surface area contributed by atoms with E-state index in [1.54, 1.807) is 6.07 Å². The van der Waals surface area contributed by atoms with E-state index in [1.165, 1.54) is 6.07 Å². The number of hydrogen-bond donors (Lipinski definition) is 4. The summed E-state index contributed by atoms with van der Waals surface area (Å²) in [4.78, 5) is 0. The molecule has 0 saturated carbocycles. The molecule has 104 valence electrons. The molecule has 6 N–H and O–H groups in total. The fourth-order valence-electron chi connectivity index (χ4n) is 2.06. The maximum atomic E-state index is 9.78. The Labute approximate surface area is 118 Å². The van der Waals surface area contributed by atoms with E-state index < -0.39 is 0 Å². The topological polar surface area (TPSA) is 102 Å². The van der Waals surface area contributed by atoms with Gasteiger partial charge in [-0.15, -0.1) is 24.8 Å². The fourth-order valence-corrected chi connectivity index (χ4v) is 2.06. The van der Waals surface area contributed by atoms with Gasteiger partial charge >= 0.3 is 0 Å². The molecule has 0 radical (unpaired) electrons. The third-order valence-electron chi connectivity index (χ3n) is 2.91. The average molecular weight is 297 g/mol. The Morgan fingerprint density at radius 1 is 1.17 bits per heavy atom. The molecule has 18 heavy (non-hydrogen) atoms. The molecule has 0 saturated heterocycles. The van der Waals surface area contributed by atoms with E-state index in [-0.39, 0.29) is 48.5 Å². The van der Waals surface area contributed by atoms with E-state index >= 15 is 0 Å². The standard InChI is InChI=1S/C11H16N2O3.2ClH/c12-4-6-3-8-7(10(5-13)16-6)1-2-9(14)11(8)15;;/h1-2,6,10,14-15H,3-5,12-13H2;2*1H/t6-,10-;;/m0../s1. The molecule has 2 rings (SSSR count). The van der Waals surface area contributed by atoms with Gasteiger partial charge in [0.05, 0.1) is 12.2 Å². The predicted octanol–water partition coefficient (Wildman–Crippen LogP) is 0.841. The molecular weight excluding hydrogens is 279 g/mol. The van der Waals surface area contributed by atoms with Crippen LogP contribution in [0.2, 0.25) is 0 Å². The Hall–Kier alpha value is -0.720. The lowest BCUT2D eigenvalue weighted by Gasteiger charge is -2.31. The number of aromatic hydroxyl groups is 2. The molecule has 1 aromatic rings. The molecular formula is C11H18Cl2N2O3. The number of benzene rings is 1. The Morgan fingerprint density at radius 3 is 2.39 bits per heavy atom. The van der Waals surface area contributed by atoms with Crippen molar-refractivity contribution in [2.24, 2.45) is 11.5 Å². The zero-order chi connectivity index (χ0) is 11.7. The summed E-state index contributed by atoms with van der Waals surface area (Å²) in [5.74, 6) is -0.204. The summed E-state index contributed by atoms with van der Waals surface area (Å²) in [5.41, 5.74) is 12.7. The summed E-state index contributed by atoms with van der Waals surface area (Å²) >= 11 is 0. The maximum Gasteiger partial charge on any atom is 0.161 e. The third kappa shape index (κ3) is 2.99. The molecule has 0 spiro atoms. The van der Waals surface area contributed by atoms with Gasteiger partial charge in [-0.3, -0.25) is 0 Å². The van der Waals surface area contributed by atoms with Crippen molar-refractivity contribution in [2.45, 2.75) is 18.6 Å². The van der Waals surface area contributed by atoms with Crippen molar-refractivity contribution in [1.82, 2.24) is 0 Å². The highest BCUT2D eigenvalue weighted by molar-refractivity contribution is 5.85. The van der Waals surface area contributed by atoms with Gasteiger partial charge in [0.2, 0.25) is 0 Å². The van der Waals surface area contributed by atoms with Gasteiger partial charge in [-0.25, -0.2) is 0 Å². The molecule has 5 nitrogen and oxygen atoms in total. The van der Waals surface area contributed by atoms with Gasteiger partial charge < -0.3 is 26.4 Å². The first kappa shape index (κ1) is 17.3. The van der Waals surface area contributed by atoms with Gasteiger partial charge in [-0.05, 0) is 11.6 Å². The first-order chi connectivity index (χ1) is 7.67. The second kappa shape index (κ2) is 7.01. The lowest BCUT2D eigenvalue weighted by molar-refractivity contribution is -0.0160. The van der Waals surface area contributed by atoms with Crippen molar-refractivity contribution in [3.63, 3.8) is 0 Å². The quantitative estimate of drug-likeness (QED) is 0.606. The first-order valence-electron chi connectivity index (χ1n) is 5.26. The summed E-state index contributed by atoms with van der Waals surface area (Å²) < 4.78 is 5.66. The normalized spacial score (nSPS) is 21.4. The SMILES string of the molecule is Cl.Cl.NC[C@@H]1Cc2c(ccc(O)c2O)[C@H](CN)O1. The van der Waals surface area contributed by atoms with Gasteiger partial charge in [0.1, 0.15) is 0 Å². The zero-order valence-electron chi connectivity index (χ0n) is 9.70. The number of ether oxygens (including phenoxy) is 1. The van der Waals surface area contributed by atoms with Crippen LogP contribution < -0.4 is 11.5 Å². The first-order valence-corrected chi connectivity index (χ1v) is 5.26. The molecule has 1 aromatic carbocycles. The molecule has 0 aromatic heterocycles. The number of rotatable bonds is 2. The molecule has 0 bridgehead atoms. The zero-order valence-corrected chi connectivity index (χ0v) is 11.3. The van der Waals surface area contributed by atoms with Gasteiger partial charge in [0.25, 0.3) is 0 Å². The lowest BCUT2D eigenvalue weighted by Crippen LogP contribution is -2.35. The molecule has 2 atom stereocenters.